The van der Waals surface area contributed by atoms with Gasteiger partial charge in [0.05, 0.1) is 0 Å². The Labute approximate surface area is 123 Å². The highest BCUT2D eigenvalue weighted by Gasteiger charge is 2.26. The first kappa shape index (κ1) is 15.2. The molecule has 2 atom stereocenters. The first-order valence-corrected chi connectivity index (χ1v) is 6.97. The van der Waals surface area contributed by atoms with Gasteiger partial charge in [-0.2, -0.15) is 0 Å². The van der Waals surface area contributed by atoms with Gasteiger partial charge in [-0.25, -0.2) is 0 Å². The number of carbonyl (C=O) groups excluding carboxylic acids is 1. The Hall–Kier alpha value is -2.18. The Morgan fingerprint density at radius 3 is 2.76 bits per heavy atom. The summed E-state index contributed by atoms with van der Waals surface area (Å²) in [5.74, 6) is 0.432. The number of pyridine rings is 1. The fraction of sp³-hybridized carbons (Fsp3) is 0.571. The Kier molecular flexibility index (Phi) is 4.72. The third-order valence-corrected chi connectivity index (χ3v) is 3.50. The molecule has 0 saturated carbocycles. The summed E-state index contributed by atoms with van der Waals surface area (Å²) in [5.41, 5.74) is 0. The van der Waals surface area contributed by atoms with Crippen molar-refractivity contribution in [2.24, 2.45) is 11.8 Å². The maximum atomic E-state index is 12.2. The van der Waals surface area contributed by atoms with Gasteiger partial charge < -0.3 is 19.8 Å². The van der Waals surface area contributed by atoms with Crippen molar-refractivity contribution in [3.05, 3.63) is 28.4 Å². The summed E-state index contributed by atoms with van der Waals surface area (Å²) in [6, 6.07) is 2.98. The number of nitrogens with zero attached hydrogens (tertiary/aromatic N) is 3. The molecule has 1 aliphatic heterocycles. The summed E-state index contributed by atoms with van der Waals surface area (Å²) >= 11 is 0. The molecule has 7 nitrogen and oxygen atoms in total. The van der Waals surface area contributed by atoms with Gasteiger partial charge in [-0.3, -0.25) is 4.79 Å². The number of nitro groups is 1. The van der Waals surface area contributed by atoms with E-state index in [1.807, 2.05) is 0 Å². The maximum absolute atomic E-state index is 12.2. The summed E-state index contributed by atoms with van der Waals surface area (Å²) in [6.45, 7) is 5.45. The van der Waals surface area contributed by atoms with Crippen molar-refractivity contribution >= 4 is 11.7 Å². The minimum atomic E-state index is -0.620. The lowest BCUT2D eigenvalue weighted by Gasteiger charge is -2.34. The van der Waals surface area contributed by atoms with Gasteiger partial charge in [0.15, 0.2) is 6.61 Å². The second-order valence-electron chi connectivity index (χ2n) is 5.62. The summed E-state index contributed by atoms with van der Waals surface area (Å²) in [4.78, 5) is 27.8. The van der Waals surface area contributed by atoms with Crippen molar-refractivity contribution in [3.8, 4) is 5.75 Å². The number of hydrogen-bond donors (Lipinski definition) is 0. The maximum Gasteiger partial charge on any atom is 0.406 e. The number of likely N-dealkylation sites (tertiary alicyclic amines) is 1. The molecule has 1 aromatic heterocycles. The predicted molar refractivity (Wildman–Crippen MR) is 75.9 cm³/mol. The lowest BCUT2D eigenvalue weighted by Crippen LogP contribution is -2.44. The van der Waals surface area contributed by atoms with Crippen molar-refractivity contribution < 1.29 is 14.5 Å². The summed E-state index contributed by atoms with van der Waals surface area (Å²) < 4.78 is 5.29. The molecule has 2 rings (SSSR count). The summed E-state index contributed by atoms with van der Waals surface area (Å²) in [6.07, 6.45) is 2.43. The minimum absolute atomic E-state index is 0.0222. The van der Waals surface area contributed by atoms with Crippen molar-refractivity contribution in [2.45, 2.75) is 20.3 Å². The van der Waals surface area contributed by atoms with Gasteiger partial charge in [0.25, 0.3) is 5.91 Å². The summed E-state index contributed by atoms with van der Waals surface area (Å²) in [7, 11) is 0. The zero-order valence-electron chi connectivity index (χ0n) is 12.2. The van der Waals surface area contributed by atoms with Gasteiger partial charge in [0, 0.05) is 13.1 Å². The smallest absolute Gasteiger partial charge is 0.406 e. The number of piperidine rings is 1. The van der Waals surface area contributed by atoms with Crippen molar-refractivity contribution in [3.63, 3.8) is 0 Å². The van der Waals surface area contributed by atoms with Crippen LogP contribution in [0, 0.1) is 22.0 Å². The average molecular weight is 293 g/mol. The van der Waals surface area contributed by atoms with Crippen LogP contribution in [0.2, 0.25) is 0 Å². The van der Waals surface area contributed by atoms with Crippen LogP contribution in [0.1, 0.15) is 20.3 Å². The van der Waals surface area contributed by atoms with E-state index < -0.39 is 4.92 Å². The predicted octanol–water partition coefficient (Wildman–Crippen LogP) is 1.87. The highest BCUT2D eigenvalue weighted by molar-refractivity contribution is 5.78. The second-order valence-corrected chi connectivity index (χ2v) is 5.62. The molecule has 21 heavy (non-hydrogen) atoms. The van der Waals surface area contributed by atoms with Crippen LogP contribution in [0.5, 0.6) is 5.75 Å². The average Bonchev–Trinajstić information content (AvgIpc) is 2.43. The molecule has 2 heterocycles. The van der Waals surface area contributed by atoms with E-state index in [9.17, 15) is 14.9 Å². The number of aromatic nitrogens is 1. The molecule has 0 bridgehead atoms. The Bertz CT molecular complexity index is 525. The normalized spacial score (nSPS) is 21.9. The molecule has 0 aromatic carbocycles. The van der Waals surface area contributed by atoms with Gasteiger partial charge in [-0.1, -0.05) is 13.8 Å². The van der Waals surface area contributed by atoms with Crippen LogP contribution in [-0.4, -0.2) is 40.4 Å². The lowest BCUT2D eigenvalue weighted by atomic mass is 9.92. The highest BCUT2D eigenvalue weighted by Crippen LogP contribution is 2.24. The van der Waals surface area contributed by atoms with Crippen molar-refractivity contribution in [1.29, 1.82) is 0 Å². The largest absolute Gasteiger partial charge is 0.476 e. The first-order chi connectivity index (χ1) is 9.97. The molecule has 0 spiro atoms. The number of hydrogen-bond acceptors (Lipinski definition) is 5. The number of rotatable bonds is 4. The first-order valence-electron chi connectivity index (χ1n) is 6.97. The third kappa shape index (κ3) is 3.90. The zero-order valence-corrected chi connectivity index (χ0v) is 12.2. The molecule has 114 valence electrons. The summed E-state index contributed by atoms with van der Waals surface area (Å²) in [5, 5.41) is 10.8. The van der Waals surface area contributed by atoms with E-state index in [1.54, 1.807) is 4.90 Å². The van der Waals surface area contributed by atoms with E-state index in [1.165, 1.54) is 18.3 Å². The van der Waals surface area contributed by atoms with E-state index in [2.05, 4.69) is 18.8 Å². The van der Waals surface area contributed by atoms with E-state index in [0.717, 1.165) is 6.42 Å². The SMILES string of the molecule is C[C@@H]1C[C@H](C)CN(C(=O)COc2cccnc2[N+](=O)[O-])C1. The Morgan fingerprint density at radius 2 is 2.14 bits per heavy atom. The van der Waals surface area contributed by atoms with Gasteiger partial charge in [0.2, 0.25) is 5.75 Å². The van der Waals surface area contributed by atoms with Gasteiger partial charge in [-0.05, 0) is 40.3 Å². The Balaban J connectivity index is 1.97. The van der Waals surface area contributed by atoms with Crippen LogP contribution < -0.4 is 4.74 Å². The highest BCUT2D eigenvalue weighted by atomic mass is 16.6. The molecule has 1 saturated heterocycles. The molecule has 1 amide bonds. The van der Waals surface area contributed by atoms with Crippen molar-refractivity contribution in [2.75, 3.05) is 19.7 Å². The van der Waals surface area contributed by atoms with Crippen LogP contribution in [0.4, 0.5) is 5.82 Å². The molecule has 0 N–H and O–H groups in total. The number of carbonyl (C=O) groups is 1. The van der Waals surface area contributed by atoms with E-state index in [4.69, 9.17) is 4.74 Å². The van der Waals surface area contributed by atoms with Crippen LogP contribution in [0.25, 0.3) is 0 Å². The third-order valence-electron chi connectivity index (χ3n) is 3.50. The van der Waals surface area contributed by atoms with Crippen LogP contribution in [0.3, 0.4) is 0 Å². The number of ether oxygens (including phenoxy) is 1. The molecule has 1 fully saturated rings. The van der Waals surface area contributed by atoms with Crippen LogP contribution >= 0.6 is 0 Å². The van der Waals surface area contributed by atoms with E-state index in [-0.39, 0.29) is 24.1 Å². The van der Waals surface area contributed by atoms with E-state index in [0.29, 0.717) is 24.9 Å². The number of amides is 1. The van der Waals surface area contributed by atoms with Gasteiger partial charge >= 0.3 is 5.82 Å². The standard InChI is InChI=1S/C14H19N3O4/c1-10-6-11(2)8-16(7-10)13(18)9-21-12-4-3-5-15-14(12)17(19)20/h3-5,10-11H,6-9H2,1-2H3/t10-,11+. The second kappa shape index (κ2) is 6.51. The molecular weight excluding hydrogens is 274 g/mol. The van der Waals surface area contributed by atoms with Gasteiger partial charge in [0.1, 0.15) is 6.20 Å². The molecule has 0 unspecified atom stereocenters. The fourth-order valence-corrected chi connectivity index (χ4v) is 2.73. The molecule has 1 aliphatic rings. The van der Waals surface area contributed by atoms with Crippen LogP contribution in [0.15, 0.2) is 18.3 Å². The topological polar surface area (TPSA) is 85.6 Å². The molecule has 0 radical (unpaired) electrons. The van der Waals surface area contributed by atoms with E-state index >= 15 is 0 Å². The lowest BCUT2D eigenvalue weighted by molar-refractivity contribution is -0.390. The molecule has 0 aliphatic carbocycles. The molecule has 7 heteroatoms. The van der Waals surface area contributed by atoms with Crippen molar-refractivity contribution in [1.82, 2.24) is 9.88 Å². The fourth-order valence-electron chi connectivity index (χ4n) is 2.73. The molecular formula is C14H19N3O4. The van der Waals surface area contributed by atoms with Crippen LogP contribution in [-0.2, 0) is 4.79 Å². The Morgan fingerprint density at radius 1 is 1.48 bits per heavy atom. The van der Waals surface area contributed by atoms with Gasteiger partial charge in [-0.15, -0.1) is 0 Å². The quantitative estimate of drug-likeness (QED) is 0.625. The zero-order chi connectivity index (χ0) is 15.4. The monoisotopic (exact) mass is 293 g/mol. The minimum Gasteiger partial charge on any atom is -0.476 e. The molecule has 1 aromatic rings.